The minimum Gasteiger partial charge on any atom is -0.494 e. The number of likely N-dealkylation sites (tertiary alicyclic amines) is 1. The lowest BCUT2D eigenvalue weighted by Crippen LogP contribution is -2.46. The van der Waals surface area contributed by atoms with Crippen molar-refractivity contribution in [3.05, 3.63) is 29.8 Å². The second-order valence-electron chi connectivity index (χ2n) is 8.33. The third-order valence-corrected chi connectivity index (χ3v) is 5.20. The fraction of sp³-hybridized carbons (Fsp3) is 0.667. The minimum atomic E-state index is -0.279. The van der Waals surface area contributed by atoms with Crippen LogP contribution in [-0.2, 0) is 0 Å². The van der Waals surface area contributed by atoms with Gasteiger partial charge in [0.25, 0.3) is 5.91 Å². The number of hydrogen-bond donors (Lipinski definition) is 2. The molecule has 2 rings (SSSR count). The van der Waals surface area contributed by atoms with Crippen LogP contribution >= 0.6 is 0 Å². The van der Waals surface area contributed by atoms with Crippen LogP contribution < -0.4 is 10.1 Å². The number of amides is 1. The fourth-order valence-electron chi connectivity index (χ4n) is 3.26. The van der Waals surface area contributed by atoms with Crippen molar-refractivity contribution in [2.24, 2.45) is 5.41 Å². The first kappa shape index (κ1) is 20.7. The van der Waals surface area contributed by atoms with Crippen molar-refractivity contribution in [1.29, 1.82) is 0 Å². The maximum Gasteiger partial charge on any atom is 0.251 e. The number of nitrogens with one attached hydrogen (secondary N) is 1. The number of benzene rings is 1. The van der Waals surface area contributed by atoms with Gasteiger partial charge in [0.05, 0.1) is 19.3 Å². The summed E-state index contributed by atoms with van der Waals surface area (Å²) in [7, 11) is 0. The molecule has 26 heavy (non-hydrogen) atoms. The summed E-state index contributed by atoms with van der Waals surface area (Å²) in [5, 5.41) is 12.4. The third kappa shape index (κ3) is 5.99. The molecule has 2 unspecified atom stereocenters. The Balaban J connectivity index is 1.77. The third-order valence-electron chi connectivity index (χ3n) is 5.20. The monoisotopic (exact) mass is 362 g/mol. The standard InChI is InChI=1S/C21H34N2O3/c1-16-7-5-12-23(16)13-6-14-26-18-10-8-17(9-11-18)20(25)22-19(15-24)21(2,3)4/h8-11,16,19,24H,5-7,12-15H2,1-4H3,(H,22,25). The maximum atomic E-state index is 12.3. The molecule has 0 spiro atoms. The summed E-state index contributed by atoms with van der Waals surface area (Å²) in [5.41, 5.74) is 0.381. The Labute approximate surface area is 157 Å². The highest BCUT2D eigenvalue weighted by Crippen LogP contribution is 2.20. The van der Waals surface area contributed by atoms with Gasteiger partial charge in [0, 0.05) is 18.2 Å². The molecular weight excluding hydrogens is 328 g/mol. The van der Waals surface area contributed by atoms with E-state index in [9.17, 15) is 9.90 Å². The van der Waals surface area contributed by atoms with Gasteiger partial charge in [0.15, 0.2) is 0 Å². The van der Waals surface area contributed by atoms with Crippen LogP contribution in [0.4, 0.5) is 0 Å². The average molecular weight is 363 g/mol. The van der Waals surface area contributed by atoms with Gasteiger partial charge in [-0.1, -0.05) is 20.8 Å². The molecule has 0 saturated carbocycles. The van der Waals surface area contributed by atoms with Crippen LogP contribution in [-0.4, -0.2) is 54.3 Å². The lowest BCUT2D eigenvalue weighted by Gasteiger charge is -2.29. The predicted octanol–water partition coefficient (Wildman–Crippen LogP) is 3.08. The molecule has 0 aromatic heterocycles. The van der Waals surface area contributed by atoms with E-state index in [0.29, 0.717) is 18.2 Å². The molecule has 1 aromatic carbocycles. The van der Waals surface area contributed by atoms with Crippen LogP contribution in [0.1, 0.15) is 57.3 Å². The van der Waals surface area contributed by atoms with Crippen LogP contribution in [0.15, 0.2) is 24.3 Å². The Morgan fingerprint density at radius 1 is 1.35 bits per heavy atom. The highest BCUT2D eigenvalue weighted by molar-refractivity contribution is 5.94. The molecule has 1 heterocycles. The summed E-state index contributed by atoms with van der Waals surface area (Å²) in [6.45, 7) is 11.2. The molecule has 0 bridgehead atoms. The number of aliphatic hydroxyl groups excluding tert-OH is 1. The molecule has 1 saturated heterocycles. The highest BCUT2D eigenvalue weighted by Gasteiger charge is 2.25. The zero-order valence-electron chi connectivity index (χ0n) is 16.6. The smallest absolute Gasteiger partial charge is 0.251 e. The van der Waals surface area contributed by atoms with Crippen LogP contribution in [0.25, 0.3) is 0 Å². The van der Waals surface area contributed by atoms with E-state index in [1.54, 1.807) is 12.1 Å². The van der Waals surface area contributed by atoms with Crippen molar-refractivity contribution in [2.45, 2.75) is 59.0 Å². The summed E-state index contributed by atoms with van der Waals surface area (Å²) >= 11 is 0. The van der Waals surface area contributed by atoms with Crippen LogP contribution in [0.2, 0.25) is 0 Å². The van der Waals surface area contributed by atoms with Crippen molar-refractivity contribution in [1.82, 2.24) is 10.2 Å². The van der Waals surface area contributed by atoms with Gasteiger partial charge >= 0.3 is 0 Å². The number of carbonyl (C=O) groups excluding carboxylic acids is 1. The van der Waals surface area contributed by atoms with Crippen molar-refractivity contribution >= 4 is 5.91 Å². The van der Waals surface area contributed by atoms with Gasteiger partial charge in [-0.2, -0.15) is 0 Å². The molecule has 0 radical (unpaired) electrons. The van der Waals surface area contributed by atoms with Crippen molar-refractivity contribution in [3.8, 4) is 5.75 Å². The average Bonchev–Trinajstić information content (AvgIpc) is 3.01. The molecule has 5 heteroatoms. The molecule has 1 aliphatic rings. The first-order valence-corrected chi connectivity index (χ1v) is 9.70. The molecule has 2 N–H and O–H groups in total. The molecule has 1 amide bonds. The van der Waals surface area contributed by atoms with E-state index >= 15 is 0 Å². The van der Waals surface area contributed by atoms with E-state index < -0.39 is 0 Å². The van der Waals surface area contributed by atoms with Gasteiger partial charge in [-0.25, -0.2) is 0 Å². The number of rotatable bonds is 8. The number of aliphatic hydroxyl groups is 1. The molecular formula is C21H34N2O3. The minimum absolute atomic E-state index is 0.0773. The zero-order valence-corrected chi connectivity index (χ0v) is 16.6. The number of carbonyl (C=O) groups is 1. The van der Waals surface area contributed by atoms with Gasteiger partial charge < -0.3 is 20.1 Å². The Morgan fingerprint density at radius 3 is 2.58 bits per heavy atom. The zero-order chi connectivity index (χ0) is 19.2. The van der Waals surface area contributed by atoms with Crippen molar-refractivity contribution in [2.75, 3.05) is 26.3 Å². The van der Waals surface area contributed by atoms with Gasteiger partial charge in [-0.3, -0.25) is 4.79 Å². The molecule has 2 atom stereocenters. The van der Waals surface area contributed by atoms with E-state index in [1.165, 1.54) is 19.4 Å². The molecule has 1 fully saturated rings. The summed E-state index contributed by atoms with van der Waals surface area (Å²) in [6.07, 6.45) is 3.62. The van der Waals surface area contributed by atoms with Crippen LogP contribution in [0, 0.1) is 5.41 Å². The van der Waals surface area contributed by atoms with Crippen LogP contribution in [0.5, 0.6) is 5.75 Å². The van der Waals surface area contributed by atoms with E-state index in [-0.39, 0.29) is 24.0 Å². The molecule has 1 aliphatic heterocycles. The summed E-state index contributed by atoms with van der Waals surface area (Å²) in [4.78, 5) is 14.9. The molecule has 5 nitrogen and oxygen atoms in total. The first-order valence-electron chi connectivity index (χ1n) is 9.70. The Morgan fingerprint density at radius 2 is 2.04 bits per heavy atom. The first-order chi connectivity index (χ1) is 12.3. The van der Waals surface area contributed by atoms with Gasteiger partial charge in [-0.15, -0.1) is 0 Å². The SMILES string of the molecule is CC1CCCN1CCCOc1ccc(C(=O)NC(CO)C(C)(C)C)cc1. The second kappa shape index (κ2) is 9.38. The highest BCUT2D eigenvalue weighted by atomic mass is 16.5. The largest absolute Gasteiger partial charge is 0.494 e. The van der Waals surface area contributed by atoms with E-state index in [0.717, 1.165) is 18.7 Å². The quantitative estimate of drug-likeness (QED) is 0.698. The van der Waals surface area contributed by atoms with Crippen molar-refractivity contribution < 1.29 is 14.6 Å². The topological polar surface area (TPSA) is 61.8 Å². The Bertz CT molecular complexity index is 566. The Hall–Kier alpha value is -1.59. The van der Waals surface area contributed by atoms with E-state index in [1.807, 2.05) is 32.9 Å². The fourth-order valence-corrected chi connectivity index (χ4v) is 3.26. The lowest BCUT2D eigenvalue weighted by molar-refractivity contribution is 0.0848. The molecule has 146 valence electrons. The summed E-state index contributed by atoms with van der Waals surface area (Å²) in [5.74, 6) is 0.610. The molecule has 0 aliphatic carbocycles. The maximum absolute atomic E-state index is 12.3. The number of ether oxygens (including phenoxy) is 1. The second-order valence-corrected chi connectivity index (χ2v) is 8.33. The molecule has 1 aromatic rings. The van der Waals surface area contributed by atoms with Gasteiger partial charge in [0.1, 0.15) is 5.75 Å². The Kier molecular flexibility index (Phi) is 7.47. The van der Waals surface area contributed by atoms with Crippen molar-refractivity contribution in [3.63, 3.8) is 0 Å². The number of hydrogen-bond acceptors (Lipinski definition) is 4. The van der Waals surface area contributed by atoms with E-state index in [2.05, 4.69) is 17.1 Å². The summed E-state index contributed by atoms with van der Waals surface area (Å²) in [6, 6.07) is 7.62. The summed E-state index contributed by atoms with van der Waals surface area (Å²) < 4.78 is 5.79. The normalized spacial score (nSPS) is 19.3. The lowest BCUT2D eigenvalue weighted by atomic mass is 9.87. The van der Waals surface area contributed by atoms with Gasteiger partial charge in [-0.05, 0) is 62.4 Å². The van der Waals surface area contributed by atoms with Crippen LogP contribution in [0.3, 0.4) is 0 Å². The van der Waals surface area contributed by atoms with Gasteiger partial charge in [0.2, 0.25) is 0 Å². The van der Waals surface area contributed by atoms with E-state index in [4.69, 9.17) is 4.74 Å². The number of nitrogens with zero attached hydrogens (tertiary/aromatic N) is 1. The predicted molar refractivity (Wildman–Crippen MR) is 105 cm³/mol.